The fourth-order valence-corrected chi connectivity index (χ4v) is 3.46. The number of amides is 1. The van der Waals surface area contributed by atoms with Crippen LogP contribution in [0.5, 0.6) is 0 Å². The van der Waals surface area contributed by atoms with Crippen LogP contribution in [0, 0.1) is 28.6 Å². The van der Waals surface area contributed by atoms with Crippen molar-refractivity contribution in [3.05, 3.63) is 24.0 Å². The highest BCUT2D eigenvalue weighted by Gasteiger charge is 2.36. The molecule has 2 aromatic rings. The van der Waals surface area contributed by atoms with Gasteiger partial charge in [0.05, 0.1) is 23.4 Å². The fourth-order valence-electron chi connectivity index (χ4n) is 3.46. The van der Waals surface area contributed by atoms with Gasteiger partial charge in [0.25, 0.3) is 0 Å². The van der Waals surface area contributed by atoms with Crippen LogP contribution in [0.1, 0.15) is 18.9 Å². The fraction of sp³-hybridized carbons (Fsp3) is 0.412. The van der Waals surface area contributed by atoms with Crippen molar-refractivity contribution in [1.29, 1.82) is 10.5 Å². The number of carbonyl (C=O) groups excluding carboxylic acids is 1. The number of aromatic amines is 1. The molecule has 1 amide bonds. The van der Waals surface area contributed by atoms with Gasteiger partial charge in [-0.05, 0) is 12.0 Å². The van der Waals surface area contributed by atoms with Gasteiger partial charge in [-0.25, -0.2) is 4.98 Å². The molecule has 7 nitrogen and oxygen atoms in total. The smallest absolute Gasteiger partial charge is 0.236 e. The third-order valence-corrected chi connectivity index (χ3v) is 4.68. The molecule has 3 rings (SSSR count). The molecule has 2 unspecified atom stereocenters. The van der Waals surface area contributed by atoms with E-state index >= 15 is 0 Å². The minimum atomic E-state index is -0.137. The van der Waals surface area contributed by atoms with Crippen molar-refractivity contribution >= 4 is 22.6 Å². The molecule has 1 fully saturated rings. The van der Waals surface area contributed by atoms with Crippen LogP contribution in [0.3, 0.4) is 0 Å². The number of hydrogen-bond acceptors (Lipinski definition) is 5. The van der Waals surface area contributed by atoms with E-state index in [-0.39, 0.29) is 24.3 Å². The van der Waals surface area contributed by atoms with Crippen molar-refractivity contribution in [1.82, 2.24) is 14.9 Å². The zero-order valence-corrected chi connectivity index (χ0v) is 13.7. The number of rotatable bonds is 3. The second kappa shape index (κ2) is 6.21. The van der Waals surface area contributed by atoms with Crippen LogP contribution in [-0.4, -0.2) is 47.0 Å². The van der Waals surface area contributed by atoms with Gasteiger partial charge in [-0.15, -0.1) is 0 Å². The first-order chi connectivity index (χ1) is 11.6. The van der Waals surface area contributed by atoms with Crippen molar-refractivity contribution in [2.75, 3.05) is 25.0 Å². The molecule has 0 bridgehead atoms. The maximum atomic E-state index is 12.0. The first-order valence-electron chi connectivity index (χ1n) is 7.80. The van der Waals surface area contributed by atoms with Gasteiger partial charge in [0.2, 0.25) is 5.91 Å². The average molecular weight is 322 g/mol. The van der Waals surface area contributed by atoms with Gasteiger partial charge in [0.1, 0.15) is 18.1 Å². The van der Waals surface area contributed by atoms with E-state index in [4.69, 9.17) is 5.26 Å². The number of aromatic nitrogens is 2. The summed E-state index contributed by atoms with van der Waals surface area (Å²) in [4.78, 5) is 23.1. The van der Waals surface area contributed by atoms with Gasteiger partial charge in [0.15, 0.2) is 0 Å². The predicted octanol–water partition coefficient (Wildman–Crippen LogP) is 1.63. The van der Waals surface area contributed by atoms with Gasteiger partial charge in [-0.2, -0.15) is 10.5 Å². The van der Waals surface area contributed by atoms with E-state index in [1.54, 1.807) is 17.3 Å². The summed E-state index contributed by atoms with van der Waals surface area (Å²) in [7, 11) is 1.95. The van der Waals surface area contributed by atoms with Crippen molar-refractivity contribution in [2.24, 2.45) is 5.92 Å². The lowest BCUT2D eigenvalue weighted by Gasteiger charge is -2.30. The highest BCUT2D eigenvalue weighted by Crippen LogP contribution is 2.33. The lowest BCUT2D eigenvalue weighted by molar-refractivity contribution is -0.129. The first kappa shape index (κ1) is 15.8. The standard InChI is InChI=1S/C17H18N6O/c1-11-9-23(15(24)3-5-18)10-14(11)22(2)16-12(7-19)8-21-17-13(16)4-6-20-17/h4,6,8,11,14H,3,9-10H2,1-2H3,(H,20,21). The topological polar surface area (TPSA) is 99.8 Å². The maximum absolute atomic E-state index is 12.0. The van der Waals surface area contributed by atoms with E-state index in [0.29, 0.717) is 18.7 Å². The Morgan fingerprint density at radius 3 is 3.00 bits per heavy atom. The molecular formula is C17H18N6O. The van der Waals surface area contributed by atoms with Crippen LogP contribution in [0.15, 0.2) is 18.5 Å². The summed E-state index contributed by atoms with van der Waals surface area (Å²) in [5.74, 6) is 0.105. The summed E-state index contributed by atoms with van der Waals surface area (Å²) in [6.45, 7) is 3.26. The minimum Gasteiger partial charge on any atom is -0.368 e. The van der Waals surface area contributed by atoms with Crippen molar-refractivity contribution in [2.45, 2.75) is 19.4 Å². The summed E-state index contributed by atoms with van der Waals surface area (Å²) in [5, 5.41) is 19.1. The molecule has 0 spiro atoms. The predicted molar refractivity (Wildman–Crippen MR) is 89.0 cm³/mol. The van der Waals surface area contributed by atoms with Gasteiger partial charge in [-0.3, -0.25) is 4.79 Å². The molecule has 1 aliphatic rings. The van der Waals surface area contributed by atoms with Gasteiger partial charge in [-0.1, -0.05) is 6.92 Å². The number of anilines is 1. The molecule has 0 aromatic carbocycles. The van der Waals surface area contributed by atoms with Crippen molar-refractivity contribution in [3.63, 3.8) is 0 Å². The average Bonchev–Trinajstić information content (AvgIpc) is 3.19. The number of nitrogens with one attached hydrogen (secondary N) is 1. The largest absolute Gasteiger partial charge is 0.368 e. The zero-order valence-electron chi connectivity index (χ0n) is 13.7. The summed E-state index contributed by atoms with van der Waals surface area (Å²) in [6.07, 6.45) is 3.28. The van der Waals surface area contributed by atoms with Crippen LogP contribution < -0.4 is 4.90 Å². The monoisotopic (exact) mass is 322 g/mol. The number of nitriles is 2. The molecule has 1 N–H and O–H groups in total. The third-order valence-electron chi connectivity index (χ3n) is 4.68. The minimum absolute atomic E-state index is 0.0836. The number of likely N-dealkylation sites (tertiary alicyclic amines) is 1. The molecular weight excluding hydrogens is 304 g/mol. The van der Waals surface area contributed by atoms with Crippen LogP contribution in [0.25, 0.3) is 11.0 Å². The molecule has 7 heteroatoms. The van der Waals surface area contributed by atoms with Crippen molar-refractivity contribution in [3.8, 4) is 12.1 Å². The summed E-state index contributed by atoms with van der Waals surface area (Å²) >= 11 is 0. The Hall–Kier alpha value is -3.06. The van der Waals surface area contributed by atoms with Crippen molar-refractivity contribution < 1.29 is 4.79 Å². The van der Waals surface area contributed by atoms with E-state index in [2.05, 4.69) is 27.9 Å². The first-order valence-corrected chi connectivity index (χ1v) is 7.80. The molecule has 0 radical (unpaired) electrons. The van der Waals surface area contributed by atoms with Gasteiger partial charge in [0, 0.05) is 37.9 Å². The number of pyridine rings is 1. The molecule has 1 saturated heterocycles. The van der Waals surface area contributed by atoms with E-state index in [9.17, 15) is 10.1 Å². The van der Waals surface area contributed by atoms with E-state index in [1.807, 2.05) is 19.2 Å². The van der Waals surface area contributed by atoms with Crippen LogP contribution in [-0.2, 0) is 4.79 Å². The summed E-state index contributed by atoms with van der Waals surface area (Å²) in [5.41, 5.74) is 2.08. The van der Waals surface area contributed by atoms with Crippen LogP contribution >= 0.6 is 0 Å². The Morgan fingerprint density at radius 2 is 2.29 bits per heavy atom. The molecule has 0 aliphatic carbocycles. The maximum Gasteiger partial charge on any atom is 0.236 e. The molecule has 24 heavy (non-hydrogen) atoms. The molecule has 122 valence electrons. The quantitative estimate of drug-likeness (QED) is 0.925. The Kier molecular flexibility index (Phi) is 4.09. The lowest BCUT2D eigenvalue weighted by Crippen LogP contribution is -2.39. The molecule has 2 aromatic heterocycles. The highest BCUT2D eigenvalue weighted by molar-refractivity contribution is 5.93. The lowest BCUT2D eigenvalue weighted by atomic mass is 10.0. The van der Waals surface area contributed by atoms with Crippen LogP contribution in [0.2, 0.25) is 0 Å². The number of H-pyrrole nitrogens is 1. The Morgan fingerprint density at radius 1 is 1.50 bits per heavy atom. The number of fused-ring (bicyclic) bond motifs is 1. The zero-order chi connectivity index (χ0) is 17.3. The van der Waals surface area contributed by atoms with E-state index in [1.165, 1.54) is 0 Å². The second-order valence-electron chi connectivity index (χ2n) is 6.16. The Labute approximate surface area is 140 Å². The molecule has 2 atom stereocenters. The number of nitrogens with zero attached hydrogens (tertiary/aromatic N) is 5. The van der Waals surface area contributed by atoms with E-state index in [0.717, 1.165) is 16.7 Å². The normalized spacial score (nSPS) is 19.9. The number of hydrogen-bond donors (Lipinski definition) is 1. The second-order valence-corrected chi connectivity index (χ2v) is 6.16. The molecule has 0 saturated carbocycles. The number of carbonyl (C=O) groups is 1. The van der Waals surface area contributed by atoms with Gasteiger partial charge < -0.3 is 14.8 Å². The molecule has 3 heterocycles. The Bertz CT molecular complexity index is 858. The summed E-state index contributed by atoms with van der Waals surface area (Å²) in [6, 6.07) is 6.12. The summed E-state index contributed by atoms with van der Waals surface area (Å²) < 4.78 is 0. The highest BCUT2D eigenvalue weighted by atomic mass is 16.2. The third kappa shape index (κ3) is 2.55. The SMILES string of the molecule is CC1CN(C(=O)CC#N)CC1N(C)c1c(C#N)cnc2[nH]ccc12. The number of likely N-dealkylation sites (N-methyl/N-ethyl adjacent to an activating group) is 1. The Balaban J connectivity index is 1.94. The van der Waals surface area contributed by atoms with Gasteiger partial charge >= 0.3 is 0 Å². The molecule has 1 aliphatic heterocycles. The van der Waals surface area contributed by atoms with Crippen LogP contribution in [0.4, 0.5) is 5.69 Å². The van der Waals surface area contributed by atoms with E-state index < -0.39 is 0 Å².